The summed E-state index contributed by atoms with van der Waals surface area (Å²) in [5.74, 6) is 1.81. The van der Waals surface area contributed by atoms with Crippen LogP contribution >= 0.6 is 34.0 Å². The molecule has 0 atom stereocenters. The molecule has 196 valence electrons. The van der Waals surface area contributed by atoms with Crippen LogP contribution in [0.5, 0.6) is 11.5 Å². The second-order valence-electron chi connectivity index (χ2n) is 7.52. The normalized spacial score (nSPS) is 11.5. The van der Waals surface area contributed by atoms with E-state index in [0.29, 0.717) is 53.6 Å². The second kappa shape index (κ2) is 18.1. The highest BCUT2D eigenvalue weighted by Crippen LogP contribution is 2.24. The van der Waals surface area contributed by atoms with Crippen LogP contribution in [-0.4, -0.2) is 60.2 Å². The molecule has 11 heteroatoms. The number of ether oxygens (including phenoxy) is 2. The van der Waals surface area contributed by atoms with Crippen molar-refractivity contribution in [3.63, 3.8) is 0 Å². The highest BCUT2D eigenvalue weighted by atomic mass is 35.5. The first-order valence-corrected chi connectivity index (χ1v) is 15.3. The maximum absolute atomic E-state index is 11.9. The Hall–Kier alpha value is -1.20. The Bertz CT molecular complexity index is 882. The summed E-state index contributed by atoms with van der Waals surface area (Å²) in [5.41, 5.74) is 0. The fraction of sp³-hybridized carbons (Fsp3) is 0.500. The fourth-order valence-corrected chi connectivity index (χ4v) is 5.35. The van der Waals surface area contributed by atoms with Crippen molar-refractivity contribution in [2.45, 2.75) is 25.7 Å². The molecule has 0 heterocycles. The predicted octanol–water partition coefficient (Wildman–Crippen LogP) is 5.19. The third-order valence-corrected chi connectivity index (χ3v) is 8.09. The Balaban J connectivity index is 1.36. The maximum atomic E-state index is 11.9. The number of rotatable bonds is 20. The van der Waals surface area contributed by atoms with Gasteiger partial charge in [0, 0.05) is 18.8 Å². The number of halogens is 2. The lowest BCUT2D eigenvalue weighted by Gasteiger charge is -2.09. The van der Waals surface area contributed by atoms with E-state index in [1.807, 2.05) is 36.4 Å². The summed E-state index contributed by atoms with van der Waals surface area (Å²) in [6, 6.07) is 14.8. The zero-order valence-electron chi connectivity index (χ0n) is 19.7. The molecule has 0 aliphatic rings. The molecule has 2 aromatic rings. The average Bonchev–Trinajstić information content (AvgIpc) is 2.84. The summed E-state index contributed by atoms with van der Waals surface area (Å²) in [7, 11) is -2.77. The molecule has 2 N–H and O–H groups in total. The summed E-state index contributed by atoms with van der Waals surface area (Å²) in [5, 5.41) is 7.62. The molecule has 0 aliphatic carbocycles. The highest BCUT2D eigenvalue weighted by molar-refractivity contribution is 8.70. The lowest BCUT2D eigenvalue weighted by molar-refractivity contribution is 0.302. The van der Waals surface area contributed by atoms with Gasteiger partial charge in [-0.05, 0) is 73.8 Å². The molecule has 0 aliphatic heterocycles. The van der Waals surface area contributed by atoms with Crippen LogP contribution in [0.1, 0.15) is 25.7 Å². The first-order chi connectivity index (χ1) is 17.0. The molecule has 7 nitrogen and oxygen atoms in total. The van der Waals surface area contributed by atoms with Crippen molar-refractivity contribution in [1.82, 2.24) is 10.6 Å². The Morgan fingerprint density at radius 2 is 1.20 bits per heavy atom. The van der Waals surface area contributed by atoms with E-state index in [2.05, 4.69) is 10.6 Å². The molecule has 0 saturated heterocycles. The first-order valence-electron chi connectivity index (χ1n) is 11.7. The van der Waals surface area contributed by atoms with Crippen molar-refractivity contribution in [1.29, 1.82) is 0 Å². The smallest absolute Gasteiger partial charge is 0.322 e. The SMILES string of the molecule is O=S(=O)(OCCNCCCCOc1ccccc1Cl)SCCNCCCCOc1ccccc1Cl. The van der Waals surface area contributed by atoms with Crippen LogP contribution in [0, 0.1) is 0 Å². The van der Waals surface area contributed by atoms with Gasteiger partial charge in [-0.2, -0.15) is 8.42 Å². The maximum Gasteiger partial charge on any atom is 0.322 e. The summed E-state index contributed by atoms with van der Waals surface area (Å²) < 4.78 is 40.1. The minimum atomic E-state index is -3.58. The lowest BCUT2D eigenvalue weighted by Crippen LogP contribution is -2.23. The molecule has 0 saturated carbocycles. The molecule has 0 fully saturated rings. The Kier molecular flexibility index (Phi) is 15.5. The highest BCUT2D eigenvalue weighted by Gasteiger charge is 2.11. The van der Waals surface area contributed by atoms with Crippen LogP contribution in [0.15, 0.2) is 48.5 Å². The number of benzene rings is 2. The van der Waals surface area contributed by atoms with Crippen molar-refractivity contribution >= 4 is 43.1 Å². The molecular formula is C24H34Cl2N2O5S2. The fourth-order valence-electron chi connectivity index (χ4n) is 2.91. The molecule has 2 rings (SSSR count). The second-order valence-corrected chi connectivity index (χ2v) is 12.0. The molecule has 0 unspecified atom stereocenters. The van der Waals surface area contributed by atoms with Crippen molar-refractivity contribution in [2.75, 3.05) is 51.8 Å². The molecule has 0 aromatic heterocycles. The molecule has 35 heavy (non-hydrogen) atoms. The van der Waals surface area contributed by atoms with Crippen molar-refractivity contribution in [3.8, 4) is 11.5 Å². The van der Waals surface area contributed by atoms with Gasteiger partial charge in [-0.1, -0.05) is 47.5 Å². The van der Waals surface area contributed by atoms with Gasteiger partial charge in [-0.15, -0.1) is 0 Å². The standard InChI is InChI=1S/C24H34Cl2N2O5S2/c25-21-9-1-3-11-23(21)31-17-7-5-13-27-15-19-33-35(29,30)34-20-16-28-14-6-8-18-32-24-12-4-2-10-22(24)26/h1-4,9-12,27-28H,5-8,13-20H2. The largest absolute Gasteiger partial charge is 0.492 e. The van der Waals surface area contributed by atoms with Crippen molar-refractivity contribution in [2.24, 2.45) is 0 Å². The van der Waals surface area contributed by atoms with Crippen LogP contribution in [-0.2, 0) is 13.3 Å². The minimum absolute atomic E-state index is 0.115. The quantitative estimate of drug-likeness (QED) is 0.168. The van der Waals surface area contributed by atoms with Gasteiger partial charge in [-0.25, -0.2) is 0 Å². The van der Waals surface area contributed by atoms with Gasteiger partial charge in [-0.3, -0.25) is 4.18 Å². The zero-order valence-corrected chi connectivity index (χ0v) is 22.9. The average molecular weight is 566 g/mol. The molecule has 0 bridgehead atoms. The van der Waals surface area contributed by atoms with E-state index >= 15 is 0 Å². The van der Waals surface area contributed by atoms with Crippen LogP contribution in [0.25, 0.3) is 0 Å². The molecule has 0 amide bonds. The first kappa shape index (κ1) is 30.0. The monoisotopic (exact) mass is 564 g/mol. The van der Waals surface area contributed by atoms with Crippen LogP contribution in [0.3, 0.4) is 0 Å². The van der Waals surface area contributed by atoms with Gasteiger partial charge in [0.1, 0.15) is 11.5 Å². The summed E-state index contributed by atoms with van der Waals surface area (Å²) in [4.78, 5) is 0. The van der Waals surface area contributed by atoms with E-state index in [0.717, 1.165) is 49.6 Å². The number of nitrogens with one attached hydrogen (secondary N) is 2. The third-order valence-electron chi connectivity index (χ3n) is 4.70. The van der Waals surface area contributed by atoms with Gasteiger partial charge >= 0.3 is 9.15 Å². The predicted molar refractivity (Wildman–Crippen MR) is 145 cm³/mol. The van der Waals surface area contributed by atoms with E-state index in [1.54, 1.807) is 12.1 Å². The molecule has 2 aromatic carbocycles. The molecule has 0 radical (unpaired) electrons. The van der Waals surface area contributed by atoms with E-state index in [1.165, 1.54) is 0 Å². The molecule has 0 spiro atoms. The lowest BCUT2D eigenvalue weighted by atomic mass is 10.3. The van der Waals surface area contributed by atoms with E-state index in [9.17, 15) is 8.42 Å². The van der Waals surface area contributed by atoms with Gasteiger partial charge in [0.25, 0.3) is 0 Å². The van der Waals surface area contributed by atoms with Gasteiger partial charge in [0.2, 0.25) is 0 Å². The Morgan fingerprint density at radius 1 is 0.686 bits per heavy atom. The van der Waals surface area contributed by atoms with Crippen LogP contribution in [0.4, 0.5) is 0 Å². The van der Waals surface area contributed by atoms with Crippen molar-refractivity contribution in [3.05, 3.63) is 58.6 Å². The topological polar surface area (TPSA) is 85.9 Å². The number of hydrogen-bond acceptors (Lipinski definition) is 8. The number of para-hydroxylation sites is 2. The van der Waals surface area contributed by atoms with E-state index in [-0.39, 0.29) is 6.61 Å². The summed E-state index contributed by atoms with van der Waals surface area (Å²) in [6.07, 6.45) is 3.59. The Labute approximate surface area is 222 Å². The van der Waals surface area contributed by atoms with Gasteiger partial charge in [0.15, 0.2) is 0 Å². The molecular weight excluding hydrogens is 531 g/mol. The zero-order chi connectivity index (χ0) is 25.2. The Morgan fingerprint density at radius 3 is 1.74 bits per heavy atom. The third kappa shape index (κ3) is 14.2. The number of unbranched alkanes of at least 4 members (excludes halogenated alkanes) is 2. The van der Waals surface area contributed by atoms with Crippen molar-refractivity contribution < 1.29 is 22.1 Å². The van der Waals surface area contributed by atoms with Crippen LogP contribution in [0.2, 0.25) is 10.0 Å². The minimum Gasteiger partial charge on any atom is -0.492 e. The number of hydrogen-bond donors (Lipinski definition) is 2. The summed E-state index contributed by atoms with van der Waals surface area (Å²) in [6.45, 7) is 3.90. The summed E-state index contributed by atoms with van der Waals surface area (Å²) >= 11 is 12.1. The van der Waals surface area contributed by atoms with Crippen LogP contribution < -0.4 is 20.1 Å². The van der Waals surface area contributed by atoms with E-state index in [4.69, 9.17) is 36.9 Å². The van der Waals surface area contributed by atoms with Gasteiger partial charge < -0.3 is 20.1 Å². The van der Waals surface area contributed by atoms with E-state index < -0.39 is 9.15 Å². The van der Waals surface area contributed by atoms with Gasteiger partial charge in [0.05, 0.1) is 29.9 Å².